The van der Waals surface area contributed by atoms with Crippen molar-refractivity contribution < 1.29 is 13.2 Å². The van der Waals surface area contributed by atoms with Gasteiger partial charge < -0.3 is 5.32 Å². The van der Waals surface area contributed by atoms with Crippen LogP contribution in [-0.2, 0) is 14.8 Å². The zero-order valence-corrected chi connectivity index (χ0v) is 14.1. The second kappa shape index (κ2) is 6.70. The van der Waals surface area contributed by atoms with E-state index in [1.165, 1.54) is 4.31 Å². The van der Waals surface area contributed by atoms with Crippen LogP contribution in [0, 0.1) is 0 Å². The number of pyridine rings is 1. The van der Waals surface area contributed by atoms with Gasteiger partial charge in [0.2, 0.25) is 15.9 Å². The highest BCUT2D eigenvalue weighted by atomic mass is 32.2. The first-order valence-electron chi connectivity index (χ1n) is 7.67. The predicted octanol–water partition coefficient (Wildman–Crippen LogP) is 1.02. The van der Waals surface area contributed by atoms with E-state index in [1.807, 2.05) is 0 Å². The Morgan fingerprint density at radius 2 is 2.17 bits per heavy atom. The standard InChI is InChI=1S/C15H19N5O3S/c1-24(22,23)20-8-3-2-4-13(20)15(21)18-12-5-6-14(17-10-12)19-9-7-16-11-19/h5-7,9-11,13H,2-4,8H2,1H3,(H,18,21)/t13-/m0/s1. The molecule has 3 rings (SSSR count). The largest absolute Gasteiger partial charge is 0.323 e. The molecular weight excluding hydrogens is 330 g/mol. The molecule has 8 nitrogen and oxygen atoms in total. The third kappa shape index (κ3) is 3.62. The minimum absolute atomic E-state index is 0.322. The maximum absolute atomic E-state index is 12.5. The van der Waals surface area contributed by atoms with Crippen molar-refractivity contribution in [1.82, 2.24) is 18.8 Å². The number of nitrogens with one attached hydrogen (secondary N) is 1. The number of carbonyl (C=O) groups is 1. The van der Waals surface area contributed by atoms with E-state index in [0.717, 1.165) is 19.1 Å². The first-order valence-corrected chi connectivity index (χ1v) is 9.52. The number of amides is 1. The molecule has 1 saturated heterocycles. The van der Waals surface area contributed by atoms with Crippen molar-refractivity contribution in [2.75, 3.05) is 18.1 Å². The second-order valence-corrected chi connectivity index (χ2v) is 7.68. The van der Waals surface area contributed by atoms with E-state index in [1.54, 1.807) is 41.6 Å². The fourth-order valence-corrected chi connectivity index (χ4v) is 3.92. The molecule has 3 heterocycles. The molecule has 0 aromatic carbocycles. The molecule has 0 bridgehead atoms. The normalized spacial score (nSPS) is 19.1. The van der Waals surface area contributed by atoms with Crippen LogP contribution in [0.1, 0.15) is 19.3 Å². The topological polar surface area (TPSA) is 97.2 Å². The zero-order valence-electron chi connectivity index (χ0n) is 13.3. The number of carbonyl (C=O) groups excluding carboxylic acids is 1. The Labute approximate surface area is 140 Å². The summed E-state index contributed by atoms with van der Waals surface area (Å²) in [4.78, 5) is 20.7. The number of piperidine rings is 1. The molecule has 0 saturated carbocycles. The lowest BCUT2D eigenvalue weighted by atomic mass is 10.0. The summed E-state index contributed by atoms with van der Waals surface area (Å²) in [5.41, 5.74) is 0.530. The maximum Gasteiger partial charge on any atom is 0.242 e. The van der Waals surface area contributed by atoms with Gasteiger partial charge in [-0.2, -0.15) is 4.31 Å². The van der Waals surface area contributed by atoms with E-state index in [9.17, 15) is 13.2 Å². The minimum Gasteiger partial charge on any atom is -0.323 e. The Morgan fingerprint density at radius 3 is 2.79 bits per heavy atom. The fraction of sp³-hybridized carbons (Fsp3) is 0.400. The van der Waals surface area contributed by atoms with E-state index in [4.69, 9.17) is 0 Å². The maximum atomic E-state index is 12.5. The predicted molar refractivity (Wildman–Crippen MR) is 89.2 cm³/mol. The third-order valence-electron chi connectivity index (χ3n) is 3.97. The van der Waals surface area contributed by atoms with Gasteiger partial charge >= 0.3 is 0 Å². The molecule has 2 aromatic heterocycles. The van der Waals surface area contributed by atoms with Crippen LogP contribution in [0.4, 0.5) is 5.69 Å². The van der Waals surface area contributed by atoms with E-state index >= 15 is 0 Å². The quantitative estimate of drug-likeness (QED) is 0.889. The highest BCUT2D eigenvalue weighted by Crippen LogP contribution is 2.21. The highest BCUT2D eigenvalue weighted by Gasteiger charge is 2.34. The van der Waals surface area contributed by atoms with Crippen molar-refractivity contribution >= 4 is 21.6 Å². The number of anilines is 1. The number of nitrogens with zero attached hydrogens (tertiary/aromatic N) is 4. The molecule has 0 aliphatic carbocycles. The lowest BCUT2D eigenvalue weighted by Crippen LogP contribution is -2.49. The summed E-state index contributed by atoms with van der Waals surface area (Å²) < 4.78 is 26.7. The third-order valence-corrected chi connectivity index (χ3v) is 5.26. The lowest BCUT2D eigenvalue weighted by Gasteiger charge is -2.32. The summed E-state index contributed by atoms with van der Waals surface area (Å²) in [6, 6.07) is 2.82. The van der Waals surface area contributed by atoms with Crippen molar-refractivity contribution in [1.29, 1.82) is 0 Å². The average Bonchev–Trinajstić information content (AvgIpc) is 3.09. The molecule has 0 spiro atoms. The van der Waals surface area contributed by atoms with Gasteiger partial charge in [-0.1, -0.05) is 6.42 Å². The molecule has 2 aromatic rings. The van der Waals surface area contributed by atoms with Gasteiger partial charge in [-0.25, -0.2) is 18.4 Å². The summed E-state index contributed by atoms with van der Waals surface area (Å²) in [7, 11) is -3.40. The molecule has 1 N–H and O–H groups in total. The molecule has 1 aliphatic heterocycles. The zero-order chi connectivity index (χ0) is 17.2. The van der Waals surface area contributed by atoms with Crippen LogP contribution in [-0.4, -0.2) is 52.0 Å². The van der Waals surface area contributed by atoms with Crippen LogP contribution in [0.15, 0.2) is 37.1 Å². The van der Waals surface area contributed by atoms with Crippen LogP contribution in [0.2, 0.25) is 0 Å². The fourth-order valence-electron chi connectivity index (χ4n) is 2.80. The van der Waals surface area contributed by atoms with Gasteiger partial charge in [0.15, 0.2) is 0 Å². The van der Waals surface area contributed by atoms with Crippen LogP contribution in [0.3, 0.4) is 0 Å². The first kappa shape index (κ1) is 16.6. The van der Waals surface area contributed by atoms with E-state index in [-0.39, 0.29) is 5.91 Å². The minimum atomic E-state index is -3.40. The summed E-state index contributed by atoms with van der Waals surface area (Å²) in [5.74, 6) is 0.359. The Bertz CT molecular complexity index is 802. The van der Waals surface area contributed by atoms with Crippen molar-refractivity contribution in [3.05, 3.63) is 37.1 Å². The molecule has 0 unspecified atom stereocenters. The SMILES string of the molecule is CS(=O)(=O)N1CCCC[C@H]1C(=O)Nc1ccc(-n2ccnc2)nc1. The van der Waals surface area contributed by atoms with Crippen LogP contribution >= 0.6 is 0 Å². The molecular formula is C15H19N5O3S. The molecule has 24 heavy (non-hydrogen) atoms. The summed E-state index contributed by atoms with van der Waals surface area (Å²) in [6.45, 7) is 0.384. The van der Waals surface area contributed by atoms with E-state index < -0.39 is 16.1 Å². The summed E-state index contributed by atoms with van der Waals surface area (Å²) >= 11 is 0. The van der Waals surface area contributed by atoms with Gasteiger partial charge in [0.05, 0.1) is 18.1 Å². The molecule has 1 aliphatic rings. The van der Waals surface area contributed by atoms with Crippen molar-refractivity contribution in [3.63, 3.8) is 0 Å². The van der Waals surface area contributed by atoms with Crippen molar-refractivity contribution in [2.24, 2.45) is 0 Å². The molecule has 0 radical (unpaired) electrons. The lowest BCUT2D eigenvalue weighted by molar-refractivity contribution is -0.120. The highest BCUT2D eigenvalue weighted by molar-refractivity contribution is 7.88. The first-order chi connectivity index (χ1) is 11.4. The summed E-state index contributed by atoms with van der Waals surface area (Å²) in [6.07, 6.45) is 9.87. The van der Waals surface area contributed by atoms with Crippen molar-refractivity contribution in [3.8, 4) is 5.82 Å². The monoisotopic (exact) mass is 349 g/mol. The van der Waals surface area contributed by atoms with Gasteiger partial charge in [-0.15, -0.1) is 0 Å². The molecule has 1 fully saturated rings. The smallest absolute Gasteiger partial charge is 0.242 e. The number of sulfonamides is 1. The molecule has 9 heteroatoms. The number of hydrogen-bond acceptors (Lipinski definition) is 5. The van der Waals surface area contributed by atoms with Gasteiger partial charge in [0.1, 0.15) is 18.2 Å². The van der Waals surface area contributed by atoms with E-state index in [0.29, 0.717) is 24.5 Å². The average molecular weight is 349 g/mol. The van der Waals surface area contributed by atoms with Gasteiger partial charge in [0, 0.05) is 18.9 Å². The number of hydrogen-bond donors (Lipinski definition) is 1. The second-order valence-electron chi connectivity index (χ2n) is 5.75. The number of aromatic nitrogens is 3. The number of rotatable bonds is 4. The molecule has 1 amide bonds. The molecule has 1 atom stereocenters. The van der Waals surface area contributed by atoms with Gasteiger partial charge in [-0.3, -0.25) is 9.36 Å². The Hall–Kier alpha value is -2.26. The van der Waals surface area contributed by atoms with Crippen molar-refractivity contribution in [2.45, 2.75) is 25.3 Å². The van der Waals surface area contributed by atoms with Gasteiger partial charge in [0.25, 0.3) is 0 Å². The Kier molecular flexibility index (Phi) is 4.63. The van der Waals surface area contributed by atoms with Gasteiger partial charge in [-0.05, 0) is 25.0 Å². The Balaban J connectivity index is 1.72. The Morgan fingerprint density at radius 1 is 1.33 bits per heavy atom. The van der Waals surface area contributed by atoms with Crippen LogP contribution in [0.25, 0.3) is 5.82 Å². The van der Waals surface area contributed by atoms with E-state index in [2.05, 4.69) is 15.3 Å². The van der Waals surface area contributed by atoms with Crippen LogP contribution < -0.4 is 5.32 Å². The van der Waals surface area contributed by atoms with Crippen LogP contribution in [0.5, 0.6) is 0 Å². The number of imidazole rings is 1. The summed E-state index contributed by atoms with van der Waals surface area (Å²) in [5, 5.41) is 2.75. The molecule has 128 valence electrons.